The van der Waals surface area contributed by atoms with E-state index in [-0.39, 0.29) is 0 Å². The molecule has 100 valence electrons. The Bertz CT molecular complexity index is 336. The van der Waals surface area contributed by atoms with Crippen LogP contribution in [0.15, 0.2) is 30.3 Å². The normalized spacial score (nSPS) is 25.9. The SMILES string of the molecule is CCC1CCCC(C(Cc2ccccc2)NN)C1. The molecule has 3 atom stereocenters. The van der Waals surface area contributed by atoms with Gasteiger partial charge in [-0.1, -0.05) is 56.5 Å². The maximum Gasteiger partial charge on any atom is 0.0279 e. The van der Waals surface area contributed by atoms with Gasteiger partial charge in [-0.05, 0) is 36.7 Å². The molecule has 3 unspecified atom stereocenters. The number of hydrogen-bond donors (Lipinski definition) is 2. The van der Waals surface area contributed by atoms with Crippen molar-refractivity contribution in [3.63, 3.8) is 0 Å². The molecule has 0 amide bonds. The Morgan fingerprint density at radius 3 is 2.72 bits per heavy atom. The molecule has 18 heavy (non-hydrogen) atoms. The minimum Gasteiger partial charge on any atom is -0.271 e. The molecule has 0 aliphatic heterocycles. The second-order valence-electron chi connectivity index (χ2n) is 5.66. The van der Waals surface area contributed by atoms with Crippen molar-refractivity contribution in [1.29, 1.82) is 0 Å². The number of benzene rings is 1. The lowest BCUT2D eigenvalue weighted by Gasteiger charge is -2.34. The predicted molar refractivity (Wildman–Crippen MR) is 77.0 cm³/mol. The van der Waals surface area contributed by atoms with E-state index in [1.807, 2.05) is 0 Å². The Balaban J connectivity index is 1.95. The summed E-state index contributed by atoms with van der Waals surface area (Å²) >= 11 is 0. The molecular weight excluding hydrogens is 220 g/mol. The predicted octanol–water partition coefficient (Wildman–Crippen LogP) is 3.28. The van der Waals surface area contributed by atoms with E-state index in [0.29, 0.717) is 6.04 Å². The number of hydrogen-bond acceptors (Lipinski definition) is 2. The maximum absolute atomic E-state index is 5.79. The van der Waals surface area contributed by atoms with E-state index in [2.05, 4.69) is 42.7 Å². The number of nitrogens with one attached hydrogen (secondary N) is 1. The summed E-state index contributed by atoms with van der Waals surface area (Å²) in [6.07, 6.45) is 7.83. The van der Waals surface area contributed by atoms with Gasteiger partial charge in [0, 0.05) is 6.04 Å². The van der Waals surface area contributed by atoms with Gasteiger partial charge in [-0.15, -0.1) is 0 Å². The molecule has 1 fully saturated rings. The fourth-order valence-corrected chi connectivity index (χ4v) is 3.30. The molecule has 3 N–H and O–H groups in total. The molecule has 0 radical (unpaired) electrons. The molecule has 0 saturated heterocycles. The first-order valence-electron chi connectivity index (χ1n) is 7.33. The van der Waals surface area contributed by atoms with Gasteiger partial charge in [0.15, 0.2) is 0 Å². The van der Waals surface area contributed by atoms with Crippen LogP contribution in [0.25, 0.3) is 0 Å². The molecule has 2 heteroatoms. The summed E-state index contributed by atoms with van der Waals surface area (Å²) in [5.74, 6) is 7.45. The Morgan fingerprint density at radius 2 is 2.06 bits per heavy atom. The first-order chi connectivity index (χ1) is 8.83. The van der Waals surface area contributed by atoms with Crippen molar-refractivity contribution in [2.75, 3.05) is 0 Å². The molecule has 0 spiro atoms. The monoisotopic (exact) mass is 246 g/mol. The van der Waals surface area contributed by atoms with Gasteiger partial charge in [-0.2, -0.15) is 0 Å². The Labute approximate surface area is 111 Å². The second kappa shape index (κ2) is 6.91. The lowest BCUT2D eigenvalue weighted by atomic mass is 9.75. The molecule has 1 aliphatic carbocycles. The van der Waals surface area contributed by atoms with Crippen LogP contribution in [-0.4, -0.2) is 6.04 Å². The van der Waals surface area contributed by atoms with Crippen LogP contribution in [0.5, 0.6) is 0 Å². The second-order valence-corrected chi connectivity index (χ2v) is 5.66. The highest BCUT2D eigenvalue weighted by Gasteiger charge is 2.27. The summed E-state index contributed by atoms with van der Waals surface area (Å²) in [5, 5.41) is 0. The molecular formula is C16H26N2. The van der Waals surface area contributed by atoms with E-state index < -0.39 is 0 Å². The van der Waals surface area contributed by atoms with E-state index in [4.69, 9.17) is 5.84 Å². The number of nitrogens with two attached hydrogens (primary N) is 1. The van der Waals surface area contributed by atoms with Gasteiger partial charge in [0.1, 0.15) is 0 Å². The molecule has 2 rings (SSSR count). The number of hydrazine groups is 1. The Morgan fingerprint density at radius 1 is 1.28 bits per heavy atom. The van der Waals surface area contributed by atoms with Gasteiger partial charge < -0.3 is 0 Å². The van der Waals surface area contributed by atoms with Crippen LogP contribution >= 0.6 is 0 Å². The molecule has 1 saturated carbocycles. The fraction of sp³-hybridized carbons (Fsp3) is 0.625. The van der Waals surface area contributed by atoms with Crippen molar-refractivity contribution in [3.05, 3.63) is 35.9 Å². The highest BCUT2D eigenvalue weighted by molar-refractivity contribution is 5.16. The zero-order valence-electron chi connectivity index (χ0n) is 11.4. The van der Waals surface area contributed by atoms with Crippen molar-refractivity contribution >= 4 is 0 Å². The van der Waals surface area contributed by atoms with E-state index in [1.54, 1.807) is 0 Å². The summed E-state index contributed by atoms with van der Waals surface area (Å²) < 4.78 is 0. The third-order valence-electron chi connectivity index (χ3n) is 4.48. The third-order valence-corrected chi connectivity index (χ3v) is 4.48. The van der Waals surface area contributed by atoms with Crippen molar-refractivity contribution in [3.8, 4) is 0 Å². The molecule has 1 aromatic rings. The lowest BCUT2D eigenvalue weighted by molar-refractivity contribution is 0.208. The van der Waals surface area contributed by atoms with Crippen LogP contribution < -0.4 is 11.3 Å². The van der Waals surface area contributed by atoms with Crippen LogP contribution in [-0.2, 0) is 6.42 Å². The van der Waals surface area contributed by atoms with Crippen molar-refractivity contribution < 1.29 is 0 Å². The Hall–Kier alpha value is -0.860. The van der Waals surface area contributed by atoms with Crippen molar-refractivity contribution in [1.82, 2.24) is 5.43 Å². The highest BCUT2D eigenvalue weighted by Crippen LogP contribution is 2.33. The topological polar surface area (TPSA) is 38.0 Å². The summed E-state index contributed by atoms with van der Waals surface area (Å²) in [7, 11) is 0. The summed E-state index contributed by atoms with van der Waals surface area (Å²) in [6.45, 7) is 2.31. The standard InChI is InChI=1S/C16H26N2/c1-2-13-9-6-10-15(11-13)16(18-17)12-14-7-4-3-5-8-14/h3-5,7-8,13,15-16,18H,2,6,9-12,17H2,1H3. The summed E-state index contributed by atoms with van der Waals surface area (Å²) in [5.41, 5.74) is 4.45. The van der Waals surface area contributed by atoms with Gasteiger partial charge in [-0.25, -0.2) is 0 Å². The van der Waals surface area contributed by atoms with Crippen LogP contribution in [0.2, 0.25) is 0 Å². The smallest absolute Gasteiger partial charge is 0.0279 e. The zero-order valence-corrected chi connectivity index (χ0v) is 11.4. The minimum atomic E-state index is 0.432. The van der Waals surface area contributed by atoms with Crippen LogP contribution in [0.1, 0.15) is 44.6 Å². The van der Waals surface area contributed by atoms with E-state index >= 15 is 0 Å². The first kappa shape index (κ1) is 13.6. The molecule has 0 aromatic heterocycles. The van der Waals surface area contributed by atoms with E-state index in [0.717, 1.165) is 18.3 Å². The number of rotatable bonds is 5. The highest BCUT2D eigenvalue weighted by atomic mass is 15.2. The summed E-state index contributed by atoms with van der Waals surface area (Å²) in [4.78, 5) is 0. The van der Waals surface area contributed by atoms with Gasteiger partial charge >= 0.3 is 0 Å². The average Bonchev–Trinajstić information content (AvgIpc) is 2.46. The van der Waals surface area contributed by atoms with Crippen molar-refractivity contribution in [2.45, 2.75) is 51.5 Å². The molecule has 1 aliphatic rings. The minimum absolute atomic E-state index is 0.432. The molecule has 2 nitrogen and oxygen atoms in total. The van der Waals surface area contributed by atoms with E-state index in [1.165, 1.54) is 37.7 Å². The van der Waals surface area contributed by atoms with E-state index in [9.17, 15) is 0 Å². The molecule has 0 heterocycles. The van der Waals surface area contributed by atoms with Crippen LogP contribution in [0.4, 0.5) is 0 Å². The lowest BCUT2D eigenvalue weighted by Crippen LogP contribution is -2.44. The first-order valence-corrected chi connectivity index (χ1v) is 7.33. The third kappa shape index (κ3) is 3.56. The molecule has 1 aromatic carbocycles. The zero-order chi connectivity index (χ0) is 12.8. The molecule has 0 bridgehead atoms. The van der Waals surface area contributed by atoms with Gasteiger partial charge in [0.05, 0.1) is 0 Å². The quantitative estimate of drug-likeness (QED) is 0.618. The van der Waals surface area contributed by atoms with Crippen LogP contribution in [0, 0.1) is 11.8 Å². The van der Waals surface area contributed by atoms with Gasteiger partial charge in [0.2, 0.25) is 0 Å². The maximum atomic E-state index is 5.79. The average molecular weight is 246 g/mol. The van der Waals surface area contributed by atoms with Gasteiger partial charge in [0.25, 0.3) is 0 Å². The van der Waals surface area contributed by atoms with Crippen molar-refractivity contribution in [2.24, 2.45) is 17.7 Å². The Kier molecular flexibility index (Phi) is 5.21. The fourth-order valence-electron chi connectivity index (χ4n) is 3.30. The largest absolute Gasteiger partial charge is 0.271 e. The summed E-state index contributed by atoms with van der Waals surface area (Å²) in [6, 6.07) is 11.1. The van der Waals surface area contributed by atoms with Gasteiger partial charge in [-0.3, -0.25) is 11.3 Å². The van der Waals surface area contributed by atoms with Crippen LogP contribution in [0.3, 0.4) is 0 Å².